The van der Waals surface area contributed by atoms with Gasteiger partial charge >= 0.3 is 6.43 Å². The molecular weight excluding hydrogens is 512 g/mol. The zero-order valence-corrected chi connectivity index (χ0v) is 21.3. The van der Waals surface area contributed by atoms with Crippen LogP contribution in [0.2, 0.25) is 0 Å². The van der Waals surface area contributed by atoms with E-state index >= 15 is 0 Å². The van der Waals surface area contributed by atoms with Crippen LogP contribution in [0.25, 0.3) is 0 Å². The zero-order valence-electron chi connectivity index (χ0n) is 21.3. The van der Waals surface area contributed by atoms with E-state index in [4.69, 9.17) is 5.26 Å². The third kappa shape index (κ3) is 4.92. The lowest BCUT2D eigenvalue weighted by Crippen LogP contribution is -2.72. The molecule has 2 aromatic heterocycles. The van der Waals surface area contributed by atoms with Crippen LogP contribution in [0.3, 0.4) is 0 Å². The van der Waals surface area contributed by atoms with E-state index in [0.717, 1.165) is 49.6 Å². The van der Waals surface area contributed by atoms with Crippen LogP contribution in [0.15, 0.2) is 55.0 Å². The molecule has 11 heteroatoms. The van der Waals surface area contributed by atoms with Crippen LogP contribution in [0, 0.1) is 28.4 Å². The number of nitriles is 1. The number of nitrogens with zero attached hydrogens (tertiary/aromatic N) is 5. The minimum Gasteiger partial charge on any atom is -0.369 e. The maximum atomic E-state index is 14.0. The van der Waals surface area contributed by atoms with Crippen molar-refractivity contribution in [2.24, 2.45) is 5.41 Å². The van der Waals surface area contributed by atoms with Crippen LogP contribution in [0.5, 0.6) is 0 Å². The minimum atomic E-state index is -3.29. The maximum Gasteiger partial charge on any atom is 0.315 e. The summed E-state index contributed by atoms with van der Waals surface area (Å²) in [6.07, 6.45) is 1.63. The SMILES string of the molecule is C[C@H](c1ccc([C@@](C)(NC(=O)C(F)F)c2ccc(F)c(F)c2)nc1)N1CC2(CN(c3cncc(C#N)c3)C2)C1. The Kier molecular flexibility index (Phi) is 6.76. The molecular formula is C28H26F4N6O. The van der Waals surface area contributed by atoms with Gasteiger partial charge in [0.15, 0.2) is 11.6 Å². The number of hydrogen-bond donors (Lipinski definition) is 1. The minimum absolute atomic E-state index is 0.0278. The first-order chi connectivity index (χ1) is 18.5. The van der Waals surface area contributed by atoms with E-state index in [1.54, 1.807) is 30.7 Å². The first-order valence-electron chi connectivity index (χ1n) is 12.4. The summed E-state index contributed by atoms with van der Waals surface area (Å²) in [6, 6.07) is 10.4. The number of carbonyl (C=O) groups excluding carboxylic acids is 1. The average Bonchev–Trinajstić information content (AvgIpc) is 2.88. The van der Waals surface area contributed by atoms with Gasteiger partial charge in [0.2, 0.25) is 0 Å². The predicted octanol–water partition coefficient (Wildman–Crippen LogP) is 4.15. The molecule has 0 radical (unpaired) electrons. The molecule has 1 spiro atoms. The summed E-state index contributed by atoms with van der Waals surface area (Å²) >= 11 is 0. The van der Waals surface area contributed by atoms with E-state index in [-0.39, 0.29) is 22.7 Å². The Labute approximate surface area is 223 Å². The largest absolute Gasteiger partial charge is 0.369 e. The maximum absolute atomic E-state index is 14.0. The molecule has 5 rings (SSSR count). The molecule has 1 aromatic carbocycles. The summed E-state index contributed by atoms with van der Waals surface area (Å²) in [5.41, 5.74) is 1.22. The Morgan fingerprint density at radius 2 is 1.82 bits per heavy atom. The van der Waals surface area contributed by atoms with Gasteiger partial charge in [-0.15, -0.1) is 0 Å². The Morgan fingerprint density at radius 1 is 1.08 bits per heavy atom. The van der Waals surface area contributed by atoms with Gasteiger partial charge in [-0.25, -0.2) is 8.78 Å². The number of amides is 1. The summed E-state index contributed by atoms with van der Waals surface area (Å²) in [7, 11) is 0. The smallest absolute Gasteiger partial charge is 0.315 e. The standard InChI is InChI=1S/C28H26F4N6O/c1-17(37-13-28(14-37)15-38(16-28)21-7-18(9-33)10-34-12-21)19-3-6-24(35-11-19)27(2,36-26(39)25(31)32)20-4-5-22(29)23(30)8-20/h3-8,10-12,17,25H,13-16H2,1-2H3,(H,36,39)/t17-,27+/m1/s1. The quantitative estimate of drug-likeness (QED) is 0.455. The molecule has 2 saturated heterocycles. The zero-order chi connectivity index (χ0) is 27.9. The second-order valence-electron chi connectivity index (χ2n) is 10.5. The molecule has 0 saturated carbocycles. The number of aromatic nitrogens is 2. The molecule has 2 aliphatic rings. The lowest BCUT2D eigenvalue weighted by atomic mass is 9.71. The summed E-state index contributed by atoms with van der Waals surface area (Å²) < 4.78 is 53.7. The van der Waals surface area contributed by atoms with Crippen molar-refractivity contribution in [2.75, 3.05) is 31.1 Å². The van der Waals surface area contributed by atoms with Crippen LogP contribution in [-0.2, 0) is 10.3 Å². The number of carbonyl (C=O) groups is 1. The van der Waals surface area contributed by atoms with Gasteiger partial charge in [0.1, 0.15) is 11.6 Å². The van der Waals surface area contributed by atoms with Gasteiger partial charge in [0.25, 0.3) is 5.91 Å². The Bertz CT molecular complexity index is 1430. The highest BCUT2D eigenvalue weighted by atomic mass is 19.3. The van der Waals surface area contributed by atoms with E-state index in [9.17, 15) is 22.4 Å². The van der Waals surface area contributed by atoms with Crippen LogP contribution in [-0.4, -0.2) is 53.4 Å². The lowest BCUT2D eigenvalue weighted by Gasteiger charge is -2.62. The molecule has 4 heterocycles. The molecule has 1 N–H and O–H groups in total. The van der Waals surface area contributed by atoms with Crippen LogP contribution >= 0.6 is 0 Å². The number of benzene rings is 1. The second kappa shape index (κ2) is 9.93. The topological polar surface area (TPSA) is 85.2 Å². The normalized spacial score (nSPS) is 18.6. The molecule has 2 aliphatic heterocycles. The lowest BCUT2D eigenvalue weighted by molar-refractivity contribution is -0.133. The fraction of sp³-hybridized carbons (Fsp3) is 0.357. The molecule has 1 amide bonds. The van der Waals surface area contributed by atoms with Gasteiger partial charge in [-0.1, -0.05) is 12.1 Å². The number of halogens is 4. The van der Waals surface area contributed by atoms with Gasteiger partial charge in [0.05, 0.1) is 23.1 Å². The van der Waals surface area contributed by atoms with Crippen molar-refractivity contribution in [3.05, 3.63) is 89.0 Å². The van der Waals surface area contributed by atoms with Crippen molar-refractivity contribution in [3.63, 3.8) is 0 Å². The summed E-state index contributed by atoms with van der Waals surface area (Å²) in [5.74, 6) is -3.80. The predicted molar refractivity (Wildman–Crippen MR) is 135 cm³/mol. The summed E-state index contributed by atoms with van der Waals surface area (Å²) in [6.45, 7) is 6.99. The molecule has 3 aromatic rings. The molecule has 39 heavy (non-hydrogen) atoms. The van der Waals surface area contributed by atoms with Gasteiger partial charge in [-0.05, 0) is 49.2 Å². The third-order valence-electron chi connectivity index (χ3n) is 7.74. The molecule has 0 aliphatic carbocycles. The number of hydrogen-bond acceptors (Lipinski definition) is 6. The van der Waals surface area contributed by atoms with Crippen molar-refractivity contribution < 1.29 is 22.4 Å². The highest BCUT2D eigenvalue weighted by molar-refractivity contribution is 5.80. The third-order valence-corrected chi connectivity index (χ3v) is 7.74. The van der Waals surface area contributed by atoms with E-state index < -0.39 is 29.5 Å². The van der Waals surface area contributed by atoms with Crippen molar-refractivity contribution >= 4 is 11.6 Å². The number of nitrogens with one attached hydrogen (secondary N) is 1. The second-order valence-corrected chi connectivity index (χ2v) is 10.5. The molecule has 2 atom stereocenters. The van der Waals surface area contributed by atoms with E-state index in [1.807, 2.05) is 13.0 Å². The van der Waals surface area contributed by atoms with Crippen molar-refractivity contribution in [2.45, 2.75) is 31.9 Å². The molecule has 202 valence electrons. The fourth-order valence-corrected chi connectivity index (χ4v) is 5.45. The summed E-state index contributed by atoms with van der Waals surface area (Å²) in [4.78, 5) is 25.0. The number of rotatable bonds is 7. The monoisotopic (exact) mass is 538 g/mol. The number of anilines is 1. The van der Waals surface area contributed by atoms with Crippen LogP contribution in [0.4, 0.5) is 23.2 Å². The molecule has 0 unspecified atom stereocenters. The van der Waals surface area contributed by atoms with Crippen molar-refractivity contribution in [1.82, 2.24) is 20.2 Å². The fourth-order valence-electron chi connectivity index (χ4n) is 5.45. The van der Waals surface area contributed by atoms with Crippen molar-refractivity contribution in [1.29, 1.82) is 5.26 Å². The number of pyridine rings is 2. The van der Waals surface area contributed by atoms with E-state index in [1.165, 1.54) is 13.0 Å². The van der Waals surface area contributed by atoms with Gasteiger partial charge in [0, 0.05) is 50.0 Å². The van der Waals surface area contributed by atoms with Crippen LogP contribution in [0.1, 0.15) is 42.3 Å². The first kappa shape index (κ1) is 26.6. The highest BCUT2D eigenvalue weighted by Crippen LogP contribution is 2.45. The molecule has 7 nitrogen and oxygen atoms in total. The Balaban J connectivity index is 1.28. The number of likely N-dealkylation sites (tertiary alicyclic amines) is 1. The Morgan fingerprint density at radius 3 is 2.44 bits per heavy atom. The molecule has 2 fully saturated rings. The van der Waals surface area contributed by atoms with Crippen molar-refractivity contribution in [3.8, 4) is 6.07 Å². The highest BCUT2D eigenvalue weighted by Gasteiger charge is 2.53. The van der Waals surface area contributed by atoms with Gasteiger partial charge in [-0.2, -0.15) is 14.0 Å². The van der Waals surface area contributed by atoms with Crippen LogP contribution < -0.4 is 10.2 Å². The summed E-state index contributed by atoms with van der Waals surface area (Å²) in [5, 5.41) is 11.3. The van der Waals surface area contributed by atoms with E-state index in [2.05, 4.69) is 31.2 Å². The van der Waals surface area contributed by atoms with Gasteiger partial charge in [-0.3, -0.25) is 19.7 Å². The van der Waals surface area contributed by atoms with Gasteiger partial charge < -0.3 is 10.2 Å². The Hall–Kier alpha value is -4.04. The average molecular weight is 539 g/mol. The van der Waals surface area contributed by atoms with E-state index in [0.29, 0.717) is 5.56 Å². The molecule has 0 bridgehead atoms. The number of alkyl halides is 2. The first-order valence-corrected chi connectivity index (χ1v) is 12.4.